The Hall–Kier alpha value is -2.86. The molecule has 6 heteroatoms. The zero-order chi connectivity index (χ0) is 17.6. The van der Waals surface area contributed by atoms with Crippen LogP contribution in [0, 0.1) is 6.92 Å². The van der Waals surface area contributed by atoms with Gasteiger partial charge in [-0.1, -0.05) is 29.8 Å². The third-order valence-corrected chi connectivity index (χ3v) is 4.26. The Morgan fingerprint density at radius 3 is 2.80 bits per heavy atom. The van der Waals surface area contributed by atoms with Crippen LogP contribution in [0.15, 0.2) is 52.9 Å². The molecule has 1 aromatic heterocycles. The number of aryl methyl sites for hydroxylation is 1. The van der Waals surface area contributed by atoms with Crippen LogP contribution in [0.3, 0.4) is 0 Å². The van der Waals surface area contributed by atoms with Gasteiger partial charge in [-0.3, -0.25) is 5.43 Å². The topological polar surface area (TPSA) is 66.7 Å². The number of hydrazone groups is 1. The summed E-state index contributed by atoms with van der Waals surface area (Å²) in [5.41, 5.74) is 6.99. The second-order valence-electron chi connectivity index (χ2n) is 5.43. The lowest BCUT2D eigenvalue weighted by atomic mass is 10.1. The largest absolute Gasteiger partial charge is 0.504 e. The van der Waals surface area contributed by atoms with Crippen LogP contribution in [-0.4, -0.2) is 22.9 Å². The number of thiazole rings is 1. The molecule has 0 fully saturated rings. The van der Waals surface area contributed by atoms with Gasteiger partial charge in [-0.15, -0.1) is 11.3 Å². The van der Waals surface area contributed by atoms with E-state index in [4.69, 9.17) is 4.74 Å². The summed E-state index contributed by atoms with van der Waals surface area (Å²) in [7, 11) is 0. The van der Waals surface area contributed by atoms with Crippen molar-refractivity contribution in [2.45, 2.75) is 13.8 Å². The summed E-state index contributed by atoms with van der Waals surface area (Å²) in [5, 5.41) is 16.6. The van der Waals surface area contributed by atoms with E-state index in [0.717, 1.165) is 22.0 Å². The van der Waals surface area contributed by atoms with Crippen molar-refractivity contribution in [3.05, 3.63) is 59.0 Å². The first-order valence-corrected chi connectivity index (χ1v) is 8.81. The smallest absolute Gasteiger partial charge is 0.203 e. The molecule has 0 saturated heterocycles. The molecule has 2 N–H and O–H groups in total. The number of nitrogens with zero attached hydrogens (tertiary/aromatic N) is 2. The number of nitrogens with one attached hydrogen (secondary N) is 1. The molecular weight excluding hydrogens is 334 g/mol. The molecule has 0 aliphatic rings. The monoisotopic (exact) mass is 353 g/mol. The number of rotatable bonds is 6. The fourth-order valence-corrected chi connectivity index (χ4v) is 2.89. The second-order valence-corrected chi connectivity index (χ2v) is 6.29. The van der Waals surface area contributed by atoms with E-state index in [2.05, 4.69) is 46.7 Å². The molecule has 3 aromatic rings. The van der Waals surface area contributed by atoms with Crippen molar-refractivity contribution in [1.82, 2.24) is 4.98 Å². The van der Waals surface area contributed by atoms with Crippen LogP contribution >= 0.6 is 11.3 Å². The van der Waals surface area contributed by atoms with Crippen molar-refractivity contribution in [1.29, 1.82) is 0 Å². The number of anilines is 1. The predicted molar refractivity (Wildman–Crippen MR) is 103 cm³/mol. The van der Waals surface area contributed by atoms with Gasteiger partial charge in [0.05, 0.1) is 18.5 Å². The van der Waals surface area contributed by atoms with Crippen molar-refractivity contribution in [2.75, 3.05) is 12.0 Å². The number of phenolic OH excluding ortho intramolecular Hbond substituents is 1. The van der Waals surface area contributed by atoms with E-state index in [9.17, 15) is 5.11 Å². The molecule has 0 radical (unpaired) electrons. The molecule has 0 saturated carbocycles. The van der Waals surface area contributed by atoms with Gasteiger partial charge < -0.3 is 9.84 Å². The van der Waals surface area contributed by atoms with E-state index in [1.807, 2.05) is 12.3 Å². The van der Waals surface area contributed by atoms with E-state index in [-0.39, 0.29) is 5.75 Å². The molecule has 0 spiro atoms. The Kier molecular flexibility index (Phi) is 5.30. The van der Waals surface area contributed by atoms with E-state index < -0.39 is 0 Å². The molecule has 3 rings (SSSR count). The van der Waals surface area contributed by atoms with E-state index >= 15 is 0 Å². The van der Waals surface area contributed by atoms with Gasteiger partial charge in [0.2, 0.25) is 5.13 Å². The maximum atomic E-state index is 9.70. The minimum atomic E-state index is 0.120. The Labute approximate surface area is 150 Å². The number of benzene rings is 2. The molecule has 0 unspecified atom stereocenters. The van der Waals surface area contributed by atoms with Crippen LogP contribution < -0.4 is 10.2 Å². The van der Waals surface area contributed by atoms with Crippen molar-refractivity contribution in [3.63, 3.8) is 0 Å². The quantitative estimate of drug-likeness (QED) is 0.499. The maximum Gasteiger partial charge on any atom is 0.203 e. The SMILES string of the molecule is CCOc1cc(/C=N/Nc2nc(-c3ccc(C)cc3)cs2)ccc1O. The molecular formula is C19H19N3O2S. The third-order valence-electron chi connectivity index (χ3n) is 3.51. The number of phenols is 1. The summed E-state index contributed by atoms with van der Waals surface area (Å²) in [6, 6.07) is 13.4. The van der Waals surface area contributed by atoms with Gasteiger partial charge in [0.25, 0.3) is 0 Å². The van der Waals surface area contributed by atoms with Crippen LogP contribution in [0.2, 0.25) is 0 Å². The lowest BCUT2D eigenvalue weighted by Crippen LogP contribution is -1.94. The number of hydrogen-bond acceptors (Lipinski definition) is 6. The van der Waals surface area contributed by atoms with Crippen LogP contribution in [0.4, 0.5) is 5.13 Å². The molecule has 0 aliphatic heterocycles. The fraction of sp³-hybridized carbons (Fsp3) is 0.158. The molecule has 0 atom stereocenters. The highest BCUT2D eigenvalue weighted by Gasteiger charge is 2.04. The van der Waals surface area contributed by atoms with Gasteiger partial charge in [-0.05, 0) is 37.6 Å². The second kappa shape index (κ2) is 7.81. The number of ether oxygens (including phenoxy) is 1. The zero-order valence-corrected chi connectivity index (χ0v) is 14.9. The summed E-state index contributed by atoms with van der Waals surface area (Å²) in [5.74, 6) is 0.567. The van der Waals surface area contributed by atoms with Gasteiger partial charge in [0.1, 0.15) is 0 Å². The summed E-state index contributed by atoms with van der Waals surface area (Å²) < 4.78 is 5.36. The van der Waals surface area contributed by atoms with Crippen molar-refractivity contribution in [2.24, 2.45) is 5.10 Å². The Balaban J connectivity index is 1.67. The maximum absolute atomic E-state index is 9.70. The normalized spacial score (nSPS) is 11.0. The van der Waals surface area contributed by atoms with Gasteiger partial charge in [0, 0.05) is 10.9 Å². The van der Waals surface area contributed by atoms with Crippen LogP contribution in [0.25, 0.3) is 11.3 Å². The zero-order valence-electron chi connectivity index (χ0n) is 14.1. The Bertz CT molecular complexity index is 873. The van der Waals surface area contributed by atoms with Gasteiger partial charge in [-0.25, -0.2) is 4.98 Å². The minimum absolute atomic E-state index is 0.120. The first-order valence-electron chi connectivity index (χ1n) is 7.93. The molecule has 1 heterocycles. The third kappa shape index (κ3) is 4.36. The number of aromatic nitrogens is 1. The first kappa shape index (κ1) is 17.0. The summed E-state index contributed by atoms with van der Waals surface area (Å²) in [4.78, 5) is 4.53. The van der Waals surface area contributed by atoms with Crippen LogP contribution in [-0.2, 0) is 0 Å². The predicted octanol–water partition coefficient (Wildman–Crippen LogP) is 4.67. The lowest BCUT2D eigenvalue weighted by molar-refractivity contribution is 0.318. The van der Waals surface area contributed by atoms with Gasteiger partial charge >= 0.3 is 0 Å². The highest BCUT2D eigenvalue weighted by molar-refractivity contribution is 7.14. The number of aromatic hydroxyl groups is 1. The fourth-order valence-electron chi connectivity index (χ4n) is 2.23. The van der Waals surface area contributed by atoms with Gasteiger partial charge in [0.15, 0.2) is 11.5 Å². The van der Waals surface area contributed by atoms with E-state index in [1.54, 1.807) is 24.4 Å². The molecule has 2 aromatic carbocycles. The van der Waals surface area contributed by atoms with E-state index in [1.165, 1.54) is 16.9 Å². The van der Waals surface area contributed by atoms with Crippen molar-refractivity contribution in [3.8, 4) is 22.8 Å². The average molecular weight is 353 g/mol. The molecule has 0 bridgehead atoms. The Morgan fingerprint density at radius 2 is 2.04 bits per heavy atom. The average Bonchev–Trinajstić information content (AvgIpc) is 3.07. The first-order chi connectivity index (χ1) is 12.2. The number of hydrogen-bond donors (Lipinski definition) is 2. The molecule has 0 aliphatic carbocycles. The van der Waals surface area contributed by atoms with Crippen molar-refractivity contribution >= 4 is 22.7 Å². The highest BCUT2D eigenvalue weighted by Crippen LogP contribution is 2.27. The molecule has 25 heavy (non-hydrogen) atoms. The van der Waals surface area contributed by atoms with Gasteiger partial charge in [-0.2, -0.15) is 5.10 Å². The standard InChI is InChI=1S/C19H19N3O2S/c1-3-24-18-10-14(6-9-17(18)23)11-20-22-19-21-16(12-25-19)15-7-4-13(2)5-8-15/h4-12,23H,3H2,1-2H3,(H,21,22)/b20-11+. The molecule has 128 valence electrons. The summed E-state index contributed by atoms with van der Waals surface area (Å²) in [6.45, 7) is 4.43. The summed E-state index contributed by atoms with van der Waals surface area (Å²) in [6.07, 6.45) is 1.66. The van der Waals surface area contributed by atoms with Crippen LogP contribution in [0.5, 0.6) is 11.5 Å². The molecule has 0 amide bonds. The summed E-state index contributed by atoms with van der Waals surface area (Å²) >= 11 is 1.50. The van der Waals surface area contributed by atoms with Crippen molar-refractivity contribution < 1.29 is 9.84 Å². The van der Waals surface area contributed by atoms with E-state index in [0.29, 0.717) is 12.4 Å². The lowest BCUT2D eigenvalue weighted by Gasteiger charge is -2.05. The highest BCUT2D eigenvalue weighted by atomic mass is 32.1. The molecule has 5 nitrogen and oxygen atoms in total. The van der Waals surface area contributed by atoms with Crippen LogP contribution in [0.1, 0.15) is 18.1 Å². The Morgan fingerprint density at radius 1 is 1.24 bits per heavy atom. The minimum Gasteiger partial charge on any atom is -0.504 e.